The highest BCUT2D eigenvalue weighted by Gasteiger charge is 2.57. The molecule has 2 N–H and O–H groups in total. The van der Waals surface area contributed by atoms with Gasteiger partial charge in [0.2, 0.25) is 0 Å². The van der Waals surface area contributed by atoms with Crippen molar-refractivity contribution in [1.29, 1.82) is 0 Å². The van der Waals surface area contributed by atoms with Gasteiger partial charge in [0, 0.05) is 0 Å². The number of anilines is 1. The number of carbonyl (C=O) groups excluding carboxylic acids is 1. The summed E-state index contributed by atoms with van der Waals surface area (Å²) in [5.74, 6) is -1.35. The van der Waals surface area contributed by atoms with Crippen molar-refractivity contribution in [1.82, 2.24) is 4.37 Å². The van der Waals surface area contributed by atoms with E-state index in [0.29, 0.717) is 5.69 Å². The highest BCUT2D eigenvalue weighted by molar-refractivity contribution is 7.08. The first-order valence-electron chi connectivity index (χ1n) is 14.1. The molecule has 0 unspecified atom stereocenters. The third-order valence-corrected chi connectivity index (χ3v) is 8.50. The molecular weight excluding hydrogens is 552 g/mol. The SMILES string of the molecule is CCOC(=O)c1snc([C@@H]2O[C@H](COC(c3ccccc3)(c3ccccc3)c3ccccc3)[C@H]3OC(C)(C)O[C@H]32)c1N. The summed E-state index contributed by atoms with van der Waals surface area (Å²) in [6.07, 6.45) is -2.10. The van der Waals surface area contributed by atoms with Gasteiger partial charge in [0.05, 0.1) is 18.9 Å². The Bertz CT molecular complexity index is 1410. The van der Waals surface area contributed by atoms with Gasteiger partial charge in [0.1, 0.15) is 35.7 Å². The van der Waals surface area contributed by atoms with Crippen LogP contribution < -0.4 is 5.73 Å². The number of fused-ring (bicyclic) bond motifs is 1. The maximum atomic E-state index is 12.5. The molecule has 3 heterocycles. The summed E-state index contributed by atoms with van der Waals surface area (Å²) in [6.45, 7) is 5.92. The largest absolute Gasteiger partial charge is 0.462 e. The molecular formula is C33H34N2O6S. The Hall–Kier alpha value is -3.60. The van der Waals surface area contributed by atoms with E-state index in [1.807, 2.05) is 68.4 Å². The van der Waals surface area contributed by atoms with Gasteiger partial charge in [-0.2, -0.15) is 4.37 Å². The van der Waals surface area contributed by atoms with Gasteiger partial charge >= 0.3 is 5.97 Å². The maximum Gasteiger partial charge on any atom is 0.352 e. The molecule has 218 valence electrons. The molecule has 1 aromatic heterocycles. The Balaban J connectivity index is 1.37. The van der Waals surface area contributed by atoms with Crippen LogP contribution in [0.2, 0.25) is 0 Å². The standard InChI is InChI=1S/C33H34N2O6S/c1-4-37-31(36)30-25(34)26(35-42-30)28-29-27(40-32(2,3)41-29)24(39-28)20-38-33(21-14-8-5-9-15-21,22-16-10-6-11-17-22)23-18-12-7-13-19-23/h5-19,24,27-29H,4,20,34H2,1-3H3/t24-,27-,28+,29-/m1/s1. The van der Waals surface area contributed by atoms with E-state index in [1.165, 1.54) is 0 Å². The second-order valence-electron chi connectivity index (χ2n) is 10.8. The van der Waals surface area contributed by atoms with Gasteiger partial charge in [-0.15, -0.1) is 0 Å². The number of nitrogens with two attached hydrogens (primary N) is 1. The molecule has 6 rings (SSSR count). The van der Waals surface area contributed by atoms with Crippen molar-refractivity contribution >= 4 is 23.2 Å². The normalized spacial score (nSPS) is 23.0. The summed E-state index contributed by atoms with van der Waals surface area (Å²) >= 11 is 0.999. The van der Waals surface area contributed by atoms with Crippen LogP contribution >= 0.6 is 11.5 Å². The van der Waals surface area contributed by atoms with Crippen LogP contribution in [0.4, 0.5) is 5.69 Å². The monoisotopic (exact) mass is 586 g/mol. The van der Waals surface area contributed by atoms with Crippen LogP contribution in [0.5, 0.6) is 0 Å². The fourth-order valence-electron chi connectivity index (χ4n) is 5.87. The van der Waals surface area contributed by atoms with Gasteiger partial charge in [0.25, 0.3) is 0 Å². The Labute approximate surface area is 249 Å². The van der Waals surface area contributed by atoms with E-state index in [2.05, 4.69) is 40.8 Å². The lowest BCUT2D eigenvalue weighted by Gasteiger charge is -2.37. The van der Waals surface area contributed by atoms with E-state index in [1.54, 1.807) is 6.92 Å². The number of benzene rings is 3. The Morgan fingerprint density at radius 1 is 0.905 bits per heavy atom. The number of hydrogen-bond acceptors (Lipinski definition) is 9. The number of esters is 1. The first kappa shape index (κ1) is 28.5. The highest BCUT2D eigenvalue weighted by atomic mass is 32.1. The van der Waals surface area contributed by atoms with Crippen LogP contribution in [0.3, 0.4) is 0 Å². The lowest BCUT2D eigenvalue weighted by molar-refractivity contribution is -0.196. The molecule has 0 aliphatic carbocycles. The summed E-state index contributed by atoms with van der Waals surface area (Å²) in [4.78, 5) is 12.7. The van der Waals surface area contributed by atoms with Gasteiger partial charge in [-0.3, -0.25) is 0 Å². The first-order valence-corrected chi connectivity index (χ1v) is 14.8. The minimum absolute atomic E-state index is 0.185. The fraction of sp³-hybridized carbons (Fsp3) is 0.333. The zero-order valence-electron chi connectivity index (χ0n) is 23.8. The quantitative estimate of drug-likeness (QED) is 0.192. The number of aromatic nitrogens is 1. The number of nitrogen functional groups attached to an aromatic ring is 1. The molecule has 2 aliphatic rings. The third-order valence-electron chi connectivity index (χ3n) is 7.64. The molecule has 0 bridgehead atoms. The van der Waals surface area contributed by atoms with E-state index in [4.69, 9.17) is 29.4 Å². The lowest BCUT2D eigenvalue weighted by atomic mass is 9.80. The van der Waals surface area contributed by atoms with Gasteiger partial charge in [-0.25, -0.2) is 4.79 Å². The van der Waals surface area contributed by atoms with Crippen molar-refractivity contribution in [3.63, 3.8) is 0 Å². The second-order valence-corrected chi connectivity index (χ2v) is 11.6. The van der Waals surface area contributed by atoms with Crippen LogP contribution in [0.1, 0.15) is 58.9 Å². The molecule has 0 saturated carbocycles. The smallest absolute Gasteiger partial charge is 0.352 e. The zero-order valence-corrected chi connectivity index (χ0v) is 24.6. The third kappa shape index (κ3) is 5.12. The van der Waals surface area contributed by atoms with Crippen molar-refractivity contribution < 1.29 is 28.5 Å². The summed E-state index contributed by atoms with van der Waals surface area (Å²) in [7, 11) is 0. The van der Waals surface area contributed by atoms with Crippen LogP contribution in [0.25, 0.3) is 0 Å². The summed E-state index contributed by atoms with van der Waals surface area (Å²) in [6, 6.07) is 30.5. The number of rotatable bonds is 9. The zero-order chi connectivity index (χ0) is 29.3. The number of ether oxygens (including phenoxy) is 5. The second kappa shape index (κ2) is 11.6. The van der Waals surface area contributed by atoms with E-state index in [0.717, 1.165) is 28.2 Å². The predicted octanol–water partition coefficient (Wildman–Crippen LogP) is 5.87. The van der Waals surface area contributed by atoms with Crippen molar-refractivity contribution in [3.8, 4) is 0 Å². The Morgan fingerprint density at radius 2 is 1.43 bits per heavy atom. The fourth-order valence-corrected chi connectivity index (χ4v) is 6.60. The van der Waals surface area contributed by atoms with Gasteiger partial charge in [0.15, 0.2) is 10.7 Å². The minimum atomic E-state index is -0.924. The van der Waals surface area contributed by atoms with Crippen LogP contribution in [0.15, 0.2) is 91.0 Å². The molecule has 2 saturated heterocycles. The van der Waals surface area contributed by atoms with Crippen LogP contribution in [0, 0.1) is 0 Å². The molecule has 8 nitrogen and oxygen atoms in total. The molecule has 9 heteroatoms. The van der Waals surface area contributed by atoms with Crippen LogP contribution in [-0.4, -0.2) is 47.7 Å². The van der Waals surface area contributed by atoms with Crippen LogP contribution in [-0.2, 0) is 29.3 Å². The van der Waals surface area contributed by atoms with E-state index < -0.39 is 41.8 Å². The molecule has 0 radical (unpaired) electrons. The van der Waals surface area contributed by atoms with E-state index >= 15 is 0 Å². The average Bonchev–Trinajstić information content (AvgIpc) is 3.65. The number of carbonyl (C=O) groups is 1. The summed E-state index contributed by atoms with van der Waals surface area (Å²) < 4.78 is 36.0. The molecule has 0 spiro atoms. The van der Waals surface area contributed by atoms with Crippen molar-refractivity contribution in [2.45, 2.75) is 56.6 Å². The van der Waals surface area contributed by atoms with Crippen molar-refractivity contribution in [2.24, 2.45) is 0 Å². The average molecular weight is 587 g/mol. The molecule has 2 fully saturated rings. The molecule has 4 aromatic rings. The number of hydrogen-bond donors (Lipinski definition) is 1. The molecule has 4 atom stereocenters. The molecule has 2 aliphatic heterocycles. The topological polar surface area (TPSA) is 102 Å². The Morgan fingerprint density at radius 3 is 1.95 bits per heavy atom. The maximum absolute atomic E-state index is 12.5. The lowest BCUT2D eigenvalue weighted by Crippen LogP contribution is -2.39. The Kier molecular flexibility index (Phi) is 7.87. The minimum Gasteiger partial charge on any atom is -0.462 e. The molecule has 0 amide bonds. The van der Waals surface area contributed by atoms with E-state index in [-0.39, 0.29) is 23.8 Å². The van der Waals surface area contributed by atoms with Crippen molar-refractivity contribution in [2.75, 3.05) is 18.9 Å². The highest BCUT2D eigenvalue weighted by Crippen LogP contribution is 2.48. The molecule has 42 heavy (non-hydrogen) atoms. The number of nitrogens with zero attached hydrogens (tertiary/aromatic N) is 1. The van der Waals surface area contributed by atoms with Gasteiger partial charge < -0.3 is 29.4 Å². The first-order chi connectivity index (χ1) is 20.3. The van der Waals surface area contributed by atoms with E-state index in [9.17, 15) is 4.79 Å². The van der Waals surface area contributed by atoms with Gasteiger partial charge in [-0.1, -0.05) is 91.0 Å². The summed E-state index contributed by atoms with van der Waals surface area (Å²) in [5, 5.41) is 0. The summed E-state index contributed by atoms with van der Waals surface area (Å²) in [5.41, 5.74) is 9.14. The molecule has 3 aromatic carbocycles. The van der Waals surface area contributed by atoms with Gasteiger partial charge in [-0.05, 0) is 49.0 Å². The van der Waals surface area contributed by atoms with Crippen molar-refractivity contribution in [3.05, 3.63) is 118 Å². The predicted molar refractivity (Wildman–Crippen MR) is 159 cm³/mol.